The Labute approximate surface area is 167 Å². The molecular formula is C24H18N4O. The van der Waals surface area contributed by atoms with E-state index in [0.717, 1.165) is 44.1 Å². The molecule has 5 aromatic rings. The van der Waals surface area contributed by atoms with Gasteiger partial charge in [-0.25, -0.2) is 9.97 Å². The highest BCUT2D eigenvalue weighted by Crippen LogP contribution is 2.23. The van der Waals surface area contributed by atoms with Crippen LogP contribution in [0.1, 0.15) is 5.56 Å². The van der Waals surface area contributed by atoms with E-state index >= 15 is 0 Å². The molecule has 0 aliphatic rings. The standard InChI is InChI=1S/C24H18N4O/c1-16-11-12-22-19(13-16)21(14-23(29-22)17-7-3-2-4-8-17)27-28-24-18-9-5-6-10-20(18)25-15-26-24/h2-15H,1H3,(H,25,26,28). The van der Waals surface area contributed by atoms with Crippen LogP contribution in [-0.4, -0.2) is 9.97 Å². The highest BCUT2D eigenvalue weighted by Gasteiger charge is 2.07. The minimum atomic E-state index is 0.665. The van der Waals surface area contributed by atoms with Gasteiger partial charge in [-0.3, -0.25) is 5.43 Å². The Morgan fingerprint density at radius 2 is 1.66 bits per heavy atom. The van der Waals surface area contributed by atoms with Crippen molar-refractivity contribution in [2.24, 2.45) is 5.10 Å². The summed E-state index contributed by atoms with van der Waals surface area (Å²) < 4.78 is 6.15. The fraction of sp³-hybridized carbons (Fsp3) is 0.0417. The number of aromatic nitrogens is 2. The van der Waals surface area contributed by atoms with Crippen LogP contribution in [0.3, 0.4) is 0 Å². The molecule has 0 bridgehead atoms. The van der Waals surface area contributed by atoms with Gasteiger partial charge in [0.2, 0.25) is 0 Å². The number of para-hydroxylation sites is 1. The largest absolute Gasteiger partial charge is 0.456 e. The van der Waals surface area contributed by atoms with E-state index in [-0.39, 0.29) is 0 Å². The normalized spacial score (nSPS) is 11.8. The molecule has 0 unspecified atom stereocenters. The first-order valence-corrected chi connectivity index (χ1v) is 9.37. The first kappa shape index (κ1) is 17.1. The molecule has 5 heteroatoms. The summed E-state index contributed by atoms with van der Waals surface area (Å²) in [5, 5.41) is 7.33. The van der Waals surface area contributed by atoms with E-state index < -0.39 is 0 Å². The average Bonchev–Trinajstić information content (AvgIpc) is 2.78. The van der Waals surface area contributed by atoms with Gasteiger partial charge in [-0.2, -0.15) is 5.10 Å². The summed E-state index contributed by atoms with van der Waals surface area (Å²) in [6.45, 7) is 2.06. The van der Waals surface area contributed by atoms with Crippen LogP contribution >= 0.6 is 0 Å². The molecule has 1 N–H and O–H groups in total. The molecular weight excluding hydrogens is 360 g/mol. The summed E-state index contributed by atoms with van der Waals surface area (Å²) in [4.78, 5) is 8.67. The molecule has 5 rings (SSSR count). The zero-order valence-electron chi connectivity index (χ0n) is 15.8. The van der Waals surface area contributed by atoms with Gasteiger partial charge in [0.15, 0.2) is 5.82 Å². The van der Waals surface area contributed by atoms with Crippen molar-refractivity contribution in [1.82, 2.24) is 9.97 Å². The van der Waals surface area contributed by atoms with E-state index in [9.17, 15) is 0 Å². The van der Waals surface area contributed by atoms with E-state index in [0.29, 0.717) is 5.82 Å². The number of fused-ring (bicyclic) bond motifs is 2. The number of aryl methyl sites for hydroxylation is 1. The van der Waals surface area contributed by atoms with Crippen LogP contribution in [0.5, 0.6) is 0 Å². The molecule has 0 saturated carbocycles. The second kappa shape index (κ2) is 7.20. The van der Waals surface area contributed by atoms with Crippen molar-refractivity contribution < 1.29 is 4.42 Å². The Kier molecular flexibility index (Phi) is 4.26. The van der Waals surface area contributed by atoms with Crippen molar-refractivity contribution in [1.29, 1.82) is 0 Å². The fourth-order valence-electron chi connectivity index (χ4n) is 3.33. The van der Waals surface area contributed by atoms with E-state index in [1.807, 2.05) is 72.8 Å². The molecule has 0 aliphatic carbocycles. The summed E-state index contributed by atoms with van der Waals surface area (Å²) in [7, 11) is 0. The Morgan fingerprint density at radius 1 is 0.828 bits per heavy atom. The second-order valence-electron chi connectivity index (χ2n) is 6.82. The van der Waals surface area contributed by atoms with Crippen molar-refractivity contribution in [2.45, 2.75) is 6.92 Å². The molecule has 5 nitrogen and oxygen atoms in total. The minimum Gasteiger partial charge on any atom is -0.456 e. The minimum absolute atomic E-state index is 0.665. The van der Waals surface area contributed by atoms with Crippen LogP contribution in [0, 0.1) is 6.92 Å². The van der Waals surface area contributed by atoms with E-state index in [4.69, 9.17) is 4.42 Å². The lowest BCUT2D eigenvalue weighted by molar-refractivity contribution is 0.618. The molecule has 140 valence electrons. The number of nitrogens with one attached hydrogen (secondary N) is 1. The van der Waals surface area contributed by atoms with Crippen molar-refractivity contribution in [2.75, 3.05) is 5.43 Å². The van der Waals surface area contributed by atoms with Crippen molar-refractivity contribution in [3.05, 3.63) is 96.1 Å². The molecule has 0 radical (unpaired) electrons. The van der Waals surface area contributed by atoms with Crippen LogP contribution in [0.15, 0.2) is 94.7 Å². The number of anilines is 1. The number of hydrogen-bond donors (Lipinski definition) is 1. The SMILES string of the molecule is Cc1ccc2oc(-c3ccccc3)cc(=NNc3ncnc4ccccc34)c2c1. The highest BCUT2D eigenvalue weighted by molar-refractivity contribution is 5.88. The zero-order chi connectivity index (χ0) is 19.6. The van der Waals surface area contributed by atoms with Gasteiger partial charge in [-0.15, -0.1) is 0 Å². The van der Waals surface area contributed by atoms with Crippen molar-refractivity contribution >= 4 is 27.7 Å². The van der Waals surface area contributed by atoms with Crippen LogP contribution < -0.4 is 10.8 Å². The first-order valence-electron chi connectivity index (χ1n) is 9.37. The molecule has 2 aromatic heterocycles. The molecule has 0 spiro atoms. The maximum atomic E-state index is 6.15. The van der Waals surface area contributed by atoms with Crippen LogP contribution in [0.2, 0.25) is 0 Å². The molecule has 0 aliphatic heterocycles. The molecule has 29 heavy (non-hydrogen) atoms. The Hall–Kier alpha value is -3.99. The second-order valence-corrected chi connectivity index (χ2v) is 6.82. The third kappa shape index (κ3) is 3.34. The summed E-state index contributed by atoms with van der Waals surface area (Å²) >= 11 is 0. The average molecular weight is 378 g/mol. The number of hydrogen-bond acceptors (Lipinski definition) is 5. The molecule has 3 aromatic carbocycles. The zero-order valence-corrected chi connectivity index (χ0v) is 15.8. The molecule has 2 heterocycles. The highest BCUT2D eigenvalue weighted by atomic mass is 16.3. The lowest BCUT2D eigenvalue weighted by Gasteiger charge is -2.07. The first-order chi connectivity index (χ1) is 14.3. The predicted molar refractivity (Wildman–Crippen MR) is 115 cm³/mol. The van der Waals surface area contributed by atoms with E-state index in [2.05, 4.69) is 33.5 Å². The van der Waals surface area contributed by atoms with Gasteiger partial charge in [-0.05, 0) is 31.2 Å². The van der Waals surface area contributed by atoms with Gasteiger partial charge in [0, 0.05) is 22.4 Å². The fourth-order valence-corrected chi connectivity index (χ4v) is 3.33. The van der Waals surface area contributed by atoms with Gasteiger partial charge in [0.25, 0.3) is 0 Å². The van der Waals surface area contributed by atoms with Gasteiger partial charge in [0.05, 0.1) is 10.9 Å². The Morgan fingerprint density at radius 3 is 2.55 bits per heavy atom. The Balaban J connectivity index is 1.69. The molecule has 0 atom stereocenters. The lowest BCUT2D eigenvalue weighted by atomic mass is 10.1. The summed E-state index contributed by atoms with van der Waals surface area (Å²) in [6.07, 6.45) is 1.54. The lowest BCUT2D eigenvalue weighted by Crippen LogP contribution is -2.08. The van der Waals surface area contributed by atoms with Crippen molar-refractivity contribution in [3.63, 3.8) is 0 Å². The smallest absolute Gasteiger partial charge is 0.157 e. The van der Waals surface area contributed by atoms with Crippen LogP contribution in [0.25, 0.3) is 33.2 Å². The molecule has 0 saturated heterocycles. The predicted octanol–water partition coefficient (Wildman–Crippen LogP) is 5.28. The Bertz CT molecular complexity index is 1390. The number of nitrogens with zero attached hydrogens (tertiary/aromatic N) is 3. The maximum absolute atomic E-state index is 6.15. The number of rotatable bonds is 3. The summed E-state index contributed by atoms with van der Waals surface area (Å²) in [5.74, 6) is 1.42. The topological polar surface area (TPSA) is 63.3 Å². The van der Waals surface area contributed by atoms with Crippen LogP contribution in [0.4, 0.5) is 5.82 Å². The van der Waals surface area contributed by atoms with Crippen molar-refractivity contribution in [3.8, 4) is 11.3 Å². The van der Waals surface area contributed by atoms with Crippen LogP contribution in [-0.2, 0) is 0 Å². The third-order valence-electron chi connectivity index (χ3n) is 4.78. The van der Waals surface area contributed by atoms with Gasteiger partial charge in [-0.1, -0.05) is 54.1 Å². The quantitative estimate of drug-likeness (QED) is 0.434. The van der Waals surface area contributed by atoms with Gasteiger partial charge < -0.3 is 4.42 Å². The molecule has 0 amide bonds. The maximum Gasteiger partial charge on any atom is 0.157 e. The number of benzene rings is 3. The van der Waals surface area contributed by atoms with Gasteiger partial charge in [0.1, 0.15) is 17.7 Å². The monoisotopic (exact) mass is 378 g/mol. The third-order valence-corrected chi connectivity index (χ3v) is 4.78. The molecule has 0 fully saturated rings. The van der Waals surface area contributed by atoms with E-state index in [1.165, 1.54) is 6.33 Å². The summed E-state index contributed by atoms with van der Waals surface area (Å²) in [6, 6.07) is 25.9. The van der Waals surface area contributed by atoms with E-state index in [1.54, 1.807) is 0 Å². The van der Waals surface area contributed by atoms with Gasteiger partial charge >= 0.3 is 0 Å². The summed E-state index contributed by atoms with van der Waals surface area (Å²) in [5.41, 5.74) is 6.92.